The number of benzene rings is 1. The number of fused-ring (bicyclic) bond motifs is 5. The van der Waals surface area contributed by atoms with Crippen molar-refractivity contribution in [3.63, 3.8) is 0 Å². The number of carbonyl (C=O) groups excluding carboxylic acids is 3. The Kier molecular flexibility index (Phi) is 3.72. The van der Waals surface area contributed by atoms with E-state index in [1.54, 1.807) is 17.8 Å². The number of rotatable bonds is 4. The molecule has 1 aliphatic heterocycles. The van der Waals surface area contributed by atoms with E-state index in [4.69, 9.17) is 0 Å². The van der Waals surface area contributed by atoms with Crippen LogP contribution in [-0.2, 0) is 14.4 Å². The molecule has 1 aromatic rings. The van der Waals surface area contributed by atoms with Crippen LogP contribution in [0.3, 0.4) is 0 Å². The summed E-state index contributed by atoms with van der Waals surface area (Å²) < 4.78 is 0. The van der Waals surface area contributed by atoms with Crippen molar-refractivity contribution in [1.29, 1.82) is 0 Å². The number of nitrogens with one attached hydrogen (secondary N) is 1. The van der Waals surface area contributed by atoms with Crippen LogP contribution in [0.25, 0.3) is 0 Å². The first-order chi connectivity index (χ1) is 11.6. The fourth-order valence-corrected chi connectivity index (χ4v) is 4.62. The lowest BCUT2D eigenvalue weighted by Gasteiger charge is -2.17. The van der Waals surface area contributed by atoms with Crippen LogP contribution < -0.4 is 5.32 Å². The van der Waals surface area contributed by atoms with Gasteiger partial charge in [0.15, 0.2) is 0 Å². The van der Waals surface area contributed by atoms with Gasteiger partial charge in [-0.1, -0.05) is 18.2 Å². The molecule has 0 unspecified atom stereocenters. The smallest absolute Gasteiger partial charge is 0.244 e. The Labute approximate surface area is 144 Å². The molecule has 124 valence electrons. The maximum Gasteiger partial charge on any atom is 0.244 e. The summed E-state index contributed by atoms with van der Waals surface area (Å²) in [5.41, 5.74) is 0.674. The lowest BCUT2D eigenvalue weighted by Crippen LogP contribution is -2.39. The zero-order chi connectivity index (χ0) is 16.8. The number of allylic oxidation sites excluding steroid dienone is 2. The predicted molar refractivity (Wildman–Crippen MR) is 91.3 cm³/mol. The highest BCUT2D eigenvalue weighted by Crippen LogP contribution is 2.52. The van der Waals surface area contributed by atoms with E-state index in [1.165, 1.54) is 0 Å². The summed E-state index contributed by atoms with van der Waals surface area (Å²) in [6.45, 7) is -0.201. The molecule has 1 aromatic carbocycles. The predicted octanol–water partition coefficient (Wildman–Crippen LogP) is 2.15. The van der Waals surface area contributed by atoms with Crippen molar-refractivity contribution in [2.24, 2.45) is 23.7 Å². The average molecular weight is 342 g/mol. The molecule has 0 radical (unpaired) electrons. The molecule has 24 heavy (non-hydrogen) atoms. The Hall–Kier alpha value is -2.08. The molecule has 3 aliphatic rings. The first-order valence-corrected chi connectivity index (χ1v) is 9.28. The van der Waals surface area contributed by atoms with E-state index < -0.39 is 0 Å². The minimum absolute atomic E-state index is 0.169. The molecule has 4 atom stereocenters. The van der Waals surface area contributed by atoms with Gasteiger partial charge in [0, 0.05) is 10.6 Å². The van der Waals surface area contributed by atoms with Crippen molar-refractivity contribution in [1.82, 2.24) is 4.90 Å². The van der Waals surface area contributed by atoms with Crippen LogP contribution in [0, 0.1) is 23.7 Å². The third-order valence-corrected chi connectivity index (χ3v) is 5.94. The van der Waals surface area contributed by atoms with Gasteiger partial charge in [0.2, 0.25) is 17.7 Å². The highest BCUT2D eigenvalue weighted by Gasteiger charge is 2.59. The molecule has 0 spiro atoms. The molecular weight excluding hydrogens is 324 g/mol. The van der Waals surface area contributed by atoms with E-state index >= 15 is 0 Å². The molecule has 0 aromatic heterocycles. The van der Waals surface area contributed by atoms with Crippen LogP contribution in [0.1, 0.15) is 6.42 Å². The van der Waals surface area contributed by atoms with Gasteiger partial charge < -0.3 is 5.32 Å². The second-order valence-electron chi connectivity index (χ2n) is 6.54. The molecule has 2 aliphatic carbocycles. The number of thioether (sulfide) groups is 1. The van der Waals surface area contributed by atoms with Crippen LogP contribution in [0.4, 0.5) is 5.69 Å². The zero-order valence-electron chi connectivity index (χ0n) is 13.3. The van der Waals surface area contributed by atoms with Gasteiger partial charge in [-0.25, -0.2) is 0 Å². The molecule has 1 saturated carbocycles. The van der Waals surface area contributed by atoms with Crippen molar-refractivity contribution >= 4 is 35.2 Å². The van der Waals surface area contributed by atoms with Crippen LogP contribution >= 0.6 is 11.8 Å². The number of likely N-dealkylation sites (tertiary alicyclic amines) is 1. The summed E-state index contributed by atoms with van der Waals surface area (Å²) in [5.74, 6) is -0.870. The third-order valence-electron chi connectivity index (χ3n) is 5.22. The summed E-state index contributed by atoms with van der Waals surface area (Å²) >= 11 is 1.59. The lowest BCUT2D eigenvalue weighted by molar-refractivity contribution is -0.143. The van der Waals surface area contributed by atoms with Gasteiger partial charge in [-0.2, -0.15) is 0 Å². The van der Waals surface area contributed by atoms with E-state index in [9.17, 15) is 14.4 Å². The number of amides is 3. The Morgan fingerprint density at radius 3 is 2.50 bits per heavy atom. The second-order valence-corrected chi connectivity index (χ2v) is 7.42. The third kappa shape index (κ3) is 2.36. The summed E-state index contributed by atoms with van der Waals surface area (Å²) in [5, 5.41) is 2.77. The average Bonchev–Trinajstić information content (AvgIpc) is 3.25. The molecule has 1 N–H and O–H groups in total. The van der Waals surface area contributed by atoms with E-state index in [0.29, 0.717) is 5.69 Å². The molecule has 1 saturated heterocycles. The summed E-state index contributed by atoms with van der Waals surface area (Å²) in [6, 6.07) is 7.48. The minimum atomic E-state index is -0.338. The number of carbonyl (C=O) groups is 3. The summed E-state index contributed by atoms with van der Waals surface area (Å²) in [6.07, 6.45) is 6.96. The summed E-state index contributed by atoms with van der Waals surface area (Å²) in [7, 11) is 0. The van der Waals surface area contributed by atoms with Gasteiger partial charge in [-0.3, -0.25) is 19.3 Å². The molecule has 5 nitrogen and oxygen atoms in total. The second kappa shape index (κ2) is 5.77. The quantitative estimate of drug-likeness (QED) is 0.517. The van der Waals surface area contributed by atoms with E-state index in [-0.39, 0.29) is 47.9 Å². The van der Waals surface area contributed by atoms with Gasteiger partial charge in [0.1, 0.15) is 6.54 Å². The van der Waals surface area contributed by atoms with Gasteiger partial charge >= 0.3 is 0 Å². The standard InChI is InChI=1S/C18H18N2O3S/c1-24-13-4-2-3-12(8-13)19-14(21)9-20-17(22)15-10-5-6-11(7-10)16(15)18(20)23/h2-6,8,10-11,15-16H,7,9H2,1H3,(H,19,21)/t10-,11-,15-,16+/m0/s1. The van der Waals surface area contributed by atoms with Crippen LogP contribution in [0.2, 0.25) is 0 Å². The number of imide groups is 1. The van der Waals surface area contributed by atoms with Crippen LogP contribution in [-0.4, -0.2) is 35.4 Å². The fourth-order valence-electron chi connectivity index (χ4n) is 4.16. The molecule has 1 heterocycles. The van der Waals surface area contributed by atoms with Gasteiger partial charge in [0.25, 0.3) is 0 Å². The number of hydrogen-bond donors (Lipinski definition) is 1. The molecule has 2 bridgehead atoms. The van der Waals surface area contributed by atoms with Crippen molar-refractivity contribution in [2.45, 2.75) is 11.3 Å². The Morgan fingerprint density at radius 1 is 1.21 bits per heavy atom. The number of hydrogen-bond acceptors (Lipinski definition) is 4. The highest BCUT2D eigenvalue weighted by atomic mass is 32.2. The molecule has 6 heteroatoms. The maximum atomic E-state index is 12.6. The van der Waals surface area contributed by atoms with Gasteiger partial charge in [0.05, 0.1) is 11.8 Å². The SMILES string of the molecule is CSc1cccc(NC(=O)CN2C(=O)[C@@H]3[C@H](C2=O)[C@H]2C=C[C@H]3C2)c1. The molecule has 3 amide bonds. The Morgan fingerprint density at radius 2 is 1.88 bits per heavy atom. The van der Waals surface area contributed by atoms with E-state index in [0.717, 1.165) is 16.2 Å². The number of nitrogens with zero attached hydrogens (tertiary/aromatic N) is 1. The van der Waals surface area contributed by atoms with Gasteiger partial charge in [-0.15, -0.1) is 11.8 Å². The zero-order valence-corrected chi connectivity index (χ0v) is 14.1. The minimum Gasteiger partial charge on any atom is -0.324 e. The van der Waals surface area contributed by atoms with Crippen molar-refractivity contribution in [3.8, 4) is 0 Å². The first kappa shape index (κ1) is 15.4. The largest absolute Gasteiger partial charge is 0.324 e. The highest BCUT2D eigenvalue weighted by molar-refractivity contribution is 7.98. The van der Waals surface area contributed by atoms with Crippen molar-refractivity contribution in [3.05, 3.63) is 36.4 Å². The van der Waals surface area contributed by atoms with Crippen molar-refractivity contribution in [2.75, 3.05) is 18.1 Å². The normalized spacial score (nSPS) is 30.1. The van der Waals surface area contributed by atoms with Gasteiger partial charge in [-0.05, 0) is 42.7 Å². The Balaban J connectivity index is 1.45. The fraction of sp³-hybridized carbons (Fsp3) is 0.389. The molecular formula is C18H18N2O3S. The monoisotopic (exact) mass is 342 g/mol. The molecule has 4 rings (SSSR count). The van der Waals surface area contributed by atoms with E-state index in [1.807, 2.05) is 24.5 Å². The topological polar surface area (TPSA) is 66.5 Å². The first-order valence-electron chi connectivity index (χ1n) is 8.06. The Bertz CT molecular complexity index is 730. The van der Waals surface area contributed by atoms with Crippen LogP contribution in [0.15, 0.2) is 41.3 Å². The van der Waals surface area contributed by atoms with Crippen LogP contribution in [0.5, 0.6) is 0 Å². The maximum absolute atomic E-state index is 12.6. The summed E-state index contributed by atoms with van der Waals surface area (Å²) in [4.78, 5) is 39.6. The number of anilines is 1. The van der Waals surface area contributed by atoms with Crippen molar-refractivity contribution < 1.29 is 14.4 Å². The lowest BCUT2D eigenvalue weighted by atomic mass is 9.85. The van der Waals surface area contributed by atoms with E-state index in [2.05, 4.69) is 17.5 Å². The molecule has 2 fully saturated rings.